The molecule has 2 saturated heterocycles. The van der Waals surface area contributed by atoms with E-state index in [9.17, 15) is 14.0 Å². The van der Waals surface area contributed by atoms with Gasteiger partial charge in [-0.05, 0) is 25.3 Å². The van der Waals surface area contributed by atoms with Gasteiger partial charge in [-0.3, -0.25) is 14.9 Å². The number of fused-ring (bicyclic) bond motifs is 1. The molecule has 2 aromatic rings. The highest BCUT2D eigenvalue weighted by molar-refractivity contribution is 6.15. The standard InChI is InChI=1S/C17H18FN7O2/c18-11-3-4-24(8-11)17-23-16(20-12-1-2-12)22-14-10(7-19-25(14)17)5-9-6-13(26)21-15(9)27/h5,7,11-12H,1-4,6,8H2,(H,20,22)(H,21,26,27). The number of aromatic nitrogens is 4. The van der Waals surface area contributed by atoms with E-state index < -0.39 is 12.1 Å². The maximum atomic E-state index is 13.7. The molecule has 1 atom stereocenters. The van der Waals surface area contributed by atoms with Gasteiger partial charge in [0.05, 0.1) is 19.2 Å². The molecule has 9 nitrogen and oxygen atoms in total. The second-order valence-corrected chi connectivity index (χ2v) is 7.16. The van der Waals surface area contributed by atoms with Crippen LogP contribution in [0.25, 0.3) is 11.7 Å². The number of carbonyl (C=O) groups excluding carboxylic acids is 2. The highest BCUT2D eigenvalue weighted by Crippen LogP contribution is 2.28. The van der Waals surface area contributed by atoms with E-state index in [1.54, 1.807) is 16.8 Å². The number of hydrogen-bond acceptors (Lipinski definition) is 7. The zero-order valence-electron chi connectivity index (χ0n) is 14.5. The van der Waals surface area contributed by atoms with Crippen molar-refractivity contribution in [1.29, 1.82) is 0 Å². The summed E-state index contributed by atoms with van der Waals surface area (Å²) in [5.74, 6) is 0.277. The zero-order chi connectivity index (χ0) is 18.5. The molecule has 3 aliphatic rings. The molecule has 1 unspecified atom stereocenters. The van der Waals surface area contributed by atoms with Gasteiger partial charge in [0, 0.05) is 23.7 Å². The second-order valence-electron chi connectivity index (χ2n) is 7.16. The Kier molecular flexibility index (Phi) is 3.59. The first-order valence-electron chi connectivity index (χ1n) is 9.03. The molecule has 0 bridgehead atoms. The van der Waals surface area contributed by atoms with Crippen LogP contribution < -0.4 is 15.5 Å². The number of halogens is 1. The monoisotopic (exact) mass is 371 g/mol. The van der Waals surface area contributed by atoms with E-state index in [1.807, 2.05) is 4.90 Å². The first-order chi connectivity index (χ1) is 13.1. The van der Waals surface area contributed by atoms with Crippen molar-refractivity contribution in [2.24, 2.45) is 0 Å². The maximum absolute atomic E-state index is 13.7. The van der Waals surface area contributed by atoms with Crippen LogP contribution in [0.15, 0.2) is 11.8 Å². The molecule has 5 rings (SSSR count). The SMILES string of the molecule is O=C1CC(=Cc2cnn3c(N4CCC(F)C4)nc(NC4CC4)nc23)C(=O)N1. The third-order valence-corrected chi connectivity index (χ3v) is 4.93. The molecule has 0 spiro atoms. The highest BCUT2D eigenvalue weighted by Gasteiger charge is 2.29. The minimum atomic E-state index is -0.889. The molecule has 2 N–H and O–H groups in total. The van der Waals surface area contributed by atoms with Gasteiger partial charge in [-0.2, -0.15) is 19.6 Å². The number of hydrogen-bond donors (Lipinski definition) is 2. The van der Waals surface area contributed by atoms with Crippen molar-refractivity contribution in [3.8, 4) is 0 Å². The average Bonchev–Trinajstić information content (AvgIpc) is 3.04. The number of anilines is 2. The Morgan fingerprint density at radius 3 is 2.78 bits per heavy atom. The lowest BCUT2D eigenvalue weighted by Crippen LogP contribution is -2.25. The topological polar surface area (TPSA) is 105 Å². The van der Waals surface area contributed by atoms with Crippen LogP contribution in [-0.2, 0) is 9.59 Å². The molecule has 10 heteroatoms. The van der Waals surface area contributed by atoms with Gasteiger partial charge in [0.2, 0.25) is 17.8 Å². The van der Waals surface area contributed by atoms with Gasteiger partial charge in [-0.15, -0.1) is 0 Å². The summed E-state index contributed by atoms with van der Waals surface area (Å²) in [6, 6.07) is 0.357. The van der Waals surface area contributed by atoms with Crippen molar-refractivity contribution in [2.45, 2.75) is 37.9 Å². The number of imide groups is 1. The lowest BCUT2D eigenvalue weighted by atomic mass is 10.1. The molecule has 27 heavy (non-hydrogen) atoms. The Balaban J connectivity index is 1.59. The predicted molar refractivity (Wildman–Crippen MR) is 94.9 cm³/mol. The van der Waals surface area contributed by atoms with Crippen molar-refractivity contribution >= 4 is 35.4 Å². The molecular weight excluding hydrogens is 353 g/mol. The van der Waals surface area contributed by atoms with Crippen LogP contribution in [-0.4, -0.2) is 56.7 Å². The van der Waals surface area contributed by atoms with Gasteiger partial charge in [0.15, 0.2) is 5.65 Å². The summed E-state index contributed by atoms with van der Waals surface area (Å²) in [5, 5.41) is 9.89. The number of nitrogens with zero attached hydrogens (tertiary/aromatic N) is 5. The molecule has 140 valence electrons. The Labute approximate surface area is 153 Å². The van der Waals surface area contributed by atoms with E-state index in [0.29, 0.717) is 47.7 Å². The first kappa shape index (κ1) is 16.2. The highest BCUT2D eigenvalue weighted by atomic mass is 19.1. The number of nitrogens with one attached hydrogen (secondary N) is 2. The van der Waals surface area contributed by atoms with Gasteiger partial charge in [-0.25, -0.2) is 4.39 Å². The molecule has 1 saturated carbocycles. The quantitative estimate of drug-likeness (QED) is 0.601. The van der Waals surface area contributed by atoms with Crippen LogP contribution >= 0.6 is 0 Å². The van der Waals surface area contributed by atoms with Crippen LogP contribution in [0.4, 0.5) is 16.3 Å². The third kappa shape index (κ3) is 3.00. The van der Waals surface area contributed by atoms with E-state index in [2.05, 4.69) is 25.7 Å². The summed E-state index contributed by atoms with van der Waals surface area (Å²) in [6.45, 7) is 0.825. The van der Waals surface area contributed by atoms with Crippen molar-refractivity contribution in [3.63, 3.8) is 0 Å². The average molecular weight is 371 g/mol. The molecule has 2 aliphatic heterocycles. The van der Waals surface area contributed by atoms with Crippen molar-refractivity contribution in [1.82, 2.24) is 24.9 Å². The molecule has 3 fully saturated rings. The van der Waals surface area contributed by atoms with Crippen LogP contribution in [0.2, 0.25) is 0 Å². The molecule has 0 aromatic carbocycles. The van der Waals surface area contributed by atoms with E-state index in [4.69, 9.17) is 0 Å². The zero-order valence-corrected chi connectivity index (χ0v) is 14.5. The van der Waals surface area contributed by atoms with E-state index in [0.717, 1.165) is 12.8 Å². The minimum Gasteiger partial charge on any atom is -0.351 e. The maximum Gasteiger partial charge on any atom is 0.254 e. The summed E-state index contributed by atoms with van der Waals surface area (Å²) >= 11 is 0. The third-order valence-electron chi connectivity index (χ3n) is 4.93. The molecule has 0 radical (unpaired) electrons. The molecule has 2 aromatic heterocycles. The summed E-state index contributed by atoms with van der Waals surface area (Å²) < 4.78 is 15.3. The summed E-state index contributed by atoms with van der Waals surface area (Å²) in [5.41, 5.74) is 1.51. The number of carbonyl (C=O) groups is 2. The normalized spacial score (nSPS) is 24.3. The fourth-order valence-electron chi connectivity index (χ4n) is 3.37. The summed E-state index contributed by atoms with van der Waals surface area (Å²) in [6.07, 6.45) is 4.95. The number of rotatable bonds is 4. The van der Waals surface area contributed by atoms with Crippen molar-refractivity contribution in [3.05, 3.63) is 17.3 Å². The minimum absolute atomic E-state index is 0.0386. The molecule has 4 heterocycles. The Morgan fingerprint density at radius 1 is 1.26 bits per heavy atom. The predicted octanol–water partition coefficient (Wildman–Crippen LogP) is 0.677. The van der Waals surface area contributed by atoms with E-state index in [-0.39, 0.29) is 18.9 Å². The molecule has 2 amide bonds. The number of alkyl halides is 1. The van der Waals surface area contributed by atoms with Crippen LogP contribution in [0.3, 0.4) is 0 Å². The number of amides is 2. The van der Waals surface area contributed by atoms with Crippen molar-refractivity contribution in [2.75, 3.05) is 23.3 Å². The van der Waals surface area contributed by atoms with E-state index >= 15 is 0 Å². The Bertz CT molecular complexity index is 981. The fraction of sp³-hybridized carbons (Fsp3) is 0.471. The first-order valence-corrected chi connectivity index (χ1v) is 9.03. The largest absolute Gasteiger partial charge is 0.351 e. The molecule has 1 aliphatic carbocycles. The second kappa shape index (κ2) is 6.00. The van der Waals surface area contributed by atoms with Gasteiger partial charge in [-0.1, -0.05) is 0 Å². The Hall–Kier alpha value is -3.04. The Morgan fingerprint density at radius 2 is 2.11 bits per heavy atom. The smallest absolute Gasteiger partial charge is 0.254 e. The molecular formula is C17H18FN7O2. The summed E-state index contributed by atoms with van der Waals surface area (Å²) in [7, 11) is 0. The lowest BCUT2D eigenvalue weighted by molar-refractivity contribution is -0.124. The van der Waals surface area contributed by atoms with E-state index in [1.165, 1.54) is 0 Å². The van der Waals surface area contributed by atoms with Gasteiger partial charge in [0.1, 0.15) is 6.17 Å². The van der Waals surface area contributed by atoms with Gasteiger partial charge in [0.25, 0.3) is 5.91 Å². The van der Waals surface area contributed by atoms with Crippen LogP contribution in [0, 0.1) is 0 Å². The van der Waals surface area contributed by atoms with Crippen molar-refractivity contribution < 1.29 is 14.0 Å². The summed E-state index contributed by atoms with van der Waals surface area (Å²) in [4.78, 5) is 34.2. The lowest BCUT2D eigenvalue weighted by Gasteiger charge is -2.18. The van der Waals surface area contributed by atoms with Gasteiger partial charge >= 0.3 is 0 Å². The fourth-order valence-corrected chi connectivity index (χ4v) is 3.37. The van der Waals surface area contributed by atoms with Crippen LogP contribution in [0.1, 0.15) is 31.2 Å². The van der Waals surface area contributed by atoms with Gasteiger partial charge < -0.3 is 10.2 Å². The van der Waals surface area contributed by atoms with Crippen LogP contribution in [0.5, 0.6) is 0 Å².